The van der Waals surface area contributed by atoms with Crippen LogP contribution >= 0.6 is 11.8 Å². The van der Waals surface area contributed by atoms with Gasteiger partial charge < -0.3 is 14.3 Å². The molecule has 0 bridgehead atoms. The Hall–Kier alpha value is -3.50. The molecule has 7 heteroatoms. The average molecular weight is 417 g/mol. The molecule has 0 atom stereocenters. The fraction of sp³-hybridized carbons (Fsp3) is 0.174. The maximum absolute atomic E-state index is 12.7. The van der Waals surface area contributed by atoms with Gasteiger partial charge in [-0.25, -0.2) is 4.98 Å². The van der Waals surface area contributed by atoms with Gasteiger partial charge in [0.1, 0.15) is 17.4 Å². The minimum absolute atomic E-state index is 0.131. The van der Waals surface area contributed by atoms with E-state index in [2.05, 4.69) is 16.4 Å². The summed E-state index contributed by atoms with van der Waals surface area (Å²) in [4.78, 5) is 17.0. The maximum Gasteiger partial charge on any atom is 0.257 e. The Morgan fingerprint density at radius 3 is 2.63 bits per heavy atom. The number of fused-ring (bicyclic) bond motifs is 1. The van der Waals surface area contributed by atoms with Gasteiger partial charge in [-0.15, -0.1) is 0 Å². The maximum atomic E-state index is 12.7. The number of nitriles is 1. The van der Waals surface area contributed by atoms with Crippen molar-refractivity contribution in [2.24, 2.45) is 0 Å². The number of para-hydroxylation sites is 2. The second kappa shape index (κ2) is 8.47. The normalized spacial score (nSPS) is 10.8. The molecule has 2 heterocycles. The van der Waals surface area contributed by atoms with Crippen LogP contribution in [0.1, 0.15) is 22.4 Å². The summed E-state index contributed by atoms with van der Waals surface area (Å²) in [5, 5.41) is 13.0. The molecule has 0 aliphatic carbocycles. The van der Waals surface area contributed by atoms with Gasteiger partial charge >= 0.3 is 0 Å². The summed E-state index contributed by atoms with van der Waals surface area (Å²) < 4.78 is 7.63. The lowest BCUT2D eigenvalue weighted by Crippen LogP contribution is -2.18. The standard InChI is InChI=1S/C23H20N4O2S/c1-15-16(2)27(13-17-8-4-3-5-9-17)22(18(15)12-24)26-21(28)14-30-23-25-19-10-6-7-11-20(19)29-23/h3-11H,13-14H2,1-2H3,(H,26,28). The molecule has 0 saturated heterocycles. The molecule has 1 amide bonds. The molecule has 0 fully saturated rings. The third-order valence-corrected chi connectivity index (χ3v) is 5.81. The molecule has 2 aromatic heterocycles. The monoisotopic (exact) mass is 416 g/mol. The van der Waals surface area contributed by atoms with Crippen LogP contribution in [0, 0.1) is 25.2 Å². The highest BCUT2D eigenvalue weighted by Gasteiger charge is 2.20. The lowest BCUT2D eigenvalue weighted by molar-refractivity contribution is -0.113. The number of nitrogens with zero attached hydrogens (tertiary/aromatic N) is 3. The van der Waals surface area contributed by atoms with Crippen LogP contribution in [-0.4, -0.2) is 21.2 Å². The summed E-state index contributed by atoms with van der Waals surface area (Å²) in [6.07, 6.45) is 0. The Labute approximate surface area is 178 Å². The zero-order chi connectivity index (χ0) is 21.1. The molecule has 2 aromatic carbocycles. The van der Waals surface area contributed by atoms with E-state index in [9.17, 15) is 10.1 Å². The van der Waals surface area contributed by atoms with E-state index in [1.54, 1.807) is 0 Å². The van der Waals surface area contributed by atoms with Crippen molar-refractivity contribution in [3.63, 3.8) is 0 Å². The minimum Gasteiger partial charge on any atom is -0.431 e. The minimum atomic E-state index is -0.217. The number of rotatable bonds is 6. The summed E-state index contributed by atoms with van der Waals surface area (Å²) in [6, 6.07) is 19.7. The first kappa shape index (κ1) is 19.8. The molecule has 0 spiro atoms. The molecule has 4 aromatic rings. The molecule has 30 heavy (non-hydrogen) atoms. The number of benzene rings is 2. The Kier molecular flexibility index (Phi) is 5.59. The van der Waals surface area contributed by atoms with Gasteiger partial charge in [-0.3, -0.25) is 4.79 Å². The molecule has 0 unspecified atom stereocenters. The average Bonchev–Trinajstić information content (AvgIpc) is 3.27. The van der Waals surface area contributed by atoms with Crippen molar-refractivity contribution in [2.45, 2.75) is 25.6 Å². The van der Waals surface area contributed by atoms with Gasteiger partial charge in [0.2, 0.25) is 5.91 Å². The molecule has 6 nitrogen and oxygen atoms in total. The molecule has 4 rings (SSSR count). The van der Waals surface area contributed by atoms with Crippen molar-refractivity contribution < 1.29 is 9.21 Å². The number of hydrogen-bond donors (Lipinski definition) is 1. The summed E-state index contributed by atoms with van der Waals surface area (Å²) in [7, 11) is 0. The summed E-state index contributed by atoms with van der Waals surface area (Å²) in [5.41, 5.74) is 4.86. The van der Waals surface area contributed by atoms with E-state index < -0.39 is 0 Å². The fourth-order valence-electron chi connectivity index (χ4n) is 3.30. The first-order valence-electron chi connectivity index (χ1n) is 9.48. The lowest BCUT2D eigenvalue weighted by Gasteiger charge is -2.13. The van der Waals surface area contributed by atoms with E-state index in [4.69, 9.17) is 4.42 Å². The van der Waals surface area contributed by atoms with Crippen LogP contribution < -0.4 is 5.32 Å². The van der Waals surface area contributed by atoms with E-state index in [1.165, 1.54) is 11.8 Å². The first-order chi connectivity index (χ1) is 14.6. The SMILES string of the molecule is Cc1c(C#N)c(NC(=O)CSc2nc3ccccc3o2)n(Cc2ccccc2)c1C. The van der Waals surface area contributed by atoms with Gasteiger partial charge in [-0.05, 0) is 37.1 Å². The second-order valence-electron chi connectivity index (χ2n) is 6.90. The van der Waals surface area contributed by atoms with Gasteiger partial charge in [0, 0.05) is 12.2 Å². The van der Waals surface area contributed by atoms with Crippen molar-refractivity contribution in [3.8, 4) is 6.07 Å². The number of carbonyl (C=O) groups excluding carboxylic acids is 1. The molecule has 0 aliphatic rings. The Balaban J connectivity index is 1.53. The smallest absolute Gasteiger partial charge is 0.257 e. The molecular formula is C23H20N4O2S. The van der Waals surface area contributed by atoms with Crippen LogP contribution in [0.15, 0.2) is 64.2 Å². The number of carbonyl (C=O) groups is 1. The van der Waals surface area contributed by atoms with Crippen LogP contribution in [0.3, 0.4) is 0 Å². The molecule has 1 N–H and O–H groups in total. The van der Waals surface area contributed by atoms with Crippen molar-refractivity contribution >= 4 is 34.6 Å². The first-order valence-corrected chi connectivity index (χ1v) is 10.5. The highest BCUT2D eigenvalue weighted by atomic mass is 32.2. The summed E-state index contributed by atoms with van der Waals surface area (Å²) >= 11 is 1.23. The highest BCUT2D eigenvalue weighted by Crippen LogP contribution is 2.28. The molecule has 150 valence electrons. The molecular weight excluding hydrogens is 396 g/mol. The predicted molar refractivity (Wildman–Crippen MR) is 118 cm³/mol. The third kappa shape index (κ3) is 3.95. The van der Waals surface area contributed by atoms with E-state index >= 15 is 0 Å². The van der Waals surface area contributed by atoms with E-state index in [0.29, 0.717) is 28.7 Å². The van der Waals surface area contributed by atoms with Crippen LogP contribution in [0.25, 0.3) is 11.1 Å². The number of amides is 1. The Morgan fingerprint density at radius 2 is 1.90 bits per heavy atom. The summed E-state index contributed by atoms with van der Waals surface area (Å²) in [6.45, 7) is 4.43. The van der Waals surface area contributed by atoms with Crippen LogP contribution in [0.4, 0.5) is 5.82 Å². The van der Waals surface area contributed by atoms with Crippen LogP contribution in [-0.2, 0) is 11.3 Å². The predicted octanol–water partition coefficient (Wildman–Crippen LogP) is 4.90. The number of nitrogens with one attached hydrogen (secondary N) is 1. The zero-order valence-electron chi connectivity index (χ0n) is 16.7. The molecule has 0 aliphatic heterocycles. The van der Waals surface area contributed by atoms with Crippen molar-refractivity contribution in [3.05, 3.63) is 77.0 Å². The van der Waals surface area contributed by atoms with Gasteiger partial charge in [0.25, 0.3) is 5.22 Å². The Bertz CT molecular complexity index is 1220. The van der Waals surface area contributed by atoms with Gasteiger partial charge in [-0.1, -0.05) is 54.2 Å². The van der Waals surface area contributed by atoms with Crippen LogP contribution in [0.5, 0.6) is 0 Å². The summed E-state index contributed by atoms with van der Waals surface area (Å²) in [5.74, 6) is 0.442. The second-order valence-corrected chi connectivity index (χ2v) is 7.83. The largest absolute Gasteiger partial charge is 0.431 e. The molecule has 0 saturated carbocycles. The number of oxazole rings is 1. The quantitative estimate of drug-likeness (QED) is 0.452. The fourth-order valence-corrected chi connectivity index (χ4v) is 3.94. The van der Waals surface area contributed by atoms with E-state index in [1.807, 2.05) is 73.0 Å². The number of hydrogen-bond acceptors (Lipinski definition) is 5. The van der Waals surface area contributed by atoms with Gasteiger partial charge in [-0.2, -0.15) is 5.26 Å². The topological polar surface area (TPSA) is 83.8 Å². The lowest BCUT2D eigenvalue weighted by atomic mass is 10.2. The van der Waals surface area contributed by atoms with Gasteiger partial charge in [0.05, 0.1) is 11.3 Å². The highest BCUT2D eigenvalue weighted by molar-refractivity contribution is 7.99. The number of anilines is 1. The van der Waals surface area contributed by atoms with Crippen LogP contribution in [0.2, 0.25) is 0 Å². The van der Waals surface area contributed by atoms with E-state index in [-0.39, 0.29) is 11.7 Å². The number of thioether (sulfide) groups is 1. The third-order valence-electron chi connectivity index (χ3n) is 4.98. The van der Waals surface area contributed by atoms with Crippen molar-refractivity contribution in [1.29, 1.82) is 5.26 Å². The van der Waals surface area contributed by atoms with Gasteiger partial charge in [0.15, 0.2) is 5.58 Å². The van der Waals surface area contributed by atoms with Crippen molar-refractivity contribution in [2.75, 3.05) is 11.1 Å². The van der Waals surface area contributed by atoms with E-state index in [0.717, 1.165) is 22.3 Å². The Morgan fingerprint density at radius 1 is 1.17 bits per heavy atom. The zero-order valence-corrected chi connectivity index (χ0v) is 17.5. The molecule has 0 radical (unpaired) electrons. The van der Waals surface area contributed by atoms with Crippen molar-refractivity contribution in [1.82, 2.24) is 9.55 Å². The number of aromatic nitrogens is 2.